The summed E-state index contributed by atoms with van der Waals surface area (Å²) in [6, 6.07) is 37.7. The van der Waals surface area contributed by atoms with Crippen molar-refractivity contribution in [3.63, 3.8) is 0 Å². The molecule has 4 heteroatoms. The second-order valence-corrected chi connectivity index (χ2v) is 13.4. The van der Waals surface area contributed by atoms with E-state index in [1.165, 1.54) is 50.0 Å². The van der Waals surface area contributed by atoms with Crippen LogP contribution in [-0.4, -0.2) is 13.1 Å². The molecule has 51 heavy (non-hydrogen) atoms. The zero-order valence-corrected chi connectivity index (χ0v) is 29.3. The number of hydrogen-bond donors (Lipinski definition) is 1. The van der Waals surface area contributed by atoms with Gasteiger partial charge in [0.2, 0.25) is 0 Å². The fourth-order valence-corrected chi connectivity index (χ4v) is 7.81. The summed E-state index contributed by atoms with van der Waals surface area (Å²) in [4.78, 5) is 4.91. The standard InChI is InChI=1S/C47H42N4/c1-6-15-37(7-2)51-46-26-24-38(29-43(46)32(3)16-14-27-48-51)49-30-36-31-50(45-22-13-11-19-41(36)45)44-21-12-10-18-39(44)33(4)28-34(5)40-25-23-35-17-8-9-20-42(35)47(40)49/h6-26,28-30,33,48H,1-3,27,31H2,4-5H3/b16-14-,34-28+,36-30-,37-15+. The second-order valence-electron chi connectivity index (χ2n) is 13.4. The van der Waals surface area contributed by atoms with Gasteiger partial charge in [-0.1, -0.05) is 124 Å². The van der Waals surface area contributed by atoms with E-state index in [1.807, 2.05) is 12.2 Å². The van der Waals surface area contributed by atoms with E-state index in [4.69, 9.17) is 0 Å². The van der Waals surface area contributed by atoms with E-state index in [-0.39, 0.29) is 5.92 Å². The zero-order valence-electron chi connectivity index (χ0n) is 29.3. The number of hydrogen-bond acceptors (Lipinski definition) is 4. The van der Waals surface area contributed by atoms with E-state index in [0.29, 0.717) is 6.54 Å². The Kier molecular flexibility index (Phi) is 8.39. The van der Waals surface area contributed by atoms with Crippen LogP contribution in [0.25, 0.3) is 27.5 Å². The fourth-order valence-electron chi connectivity index (χ4n) is 7.81. The molecule has 0 amide bonds. The average molecular weight is 663 g/mol. The van der Waals surface area contributed by atoms with Crippen LogP contribution in [-0.2, 0) is 0 Å². The first kappa shape index (κ1) is 32.1. The maximum absolute atomic E-state index is 4.54. The van der Waals surface area contributed by atoms with E-state index in [1.54, 1.807) is 6.08 Å². The number of benzene rings is 5. The predicted octanol–water partition coefficient (Wildman–Crippen LogP) is 11.8. The van der Waals surface area contributed by atoms with E-state index in [0.717, 1.165) is 40.4 Å². The van der Waals surface area contributed by atoms with Gasteiger partial charge in [0, 0.05) is 57.8 Å². The van der Waals surface area contributed by atoms with Gasteiger partial charge in [-0.3, -0.25) is 5.01 Å². The van der Waals surface area contributed by atoms with E-state index in [9.17, 15) is 0 Å². The van der Waals surface area contributed by atoms with Crippen LogP contribution in [0.3, 0.4) is 0 Å². The molecular formula is C47H42N4. The molecule has 3 aliphatic rings. The third-order valence-corrected chi connectivity index (χ3v) is 10.2. The monoisotopic (exact) mass is 662 g/mol. The molecular weight excluding hydrogens is 621 g/mol. The molecule has 1 unspecified atom stereocenters. The lowest BCUT2D eigenvalue weighted by Gasteiger charge is -2.32. The summed E-state index contributed by atoms with van der Waals surface area (Å²) in [6.07, 6.45) is 14.6. The van der Waals surface area contributed by atoms with Gasteiger partial charge in [0.05, 0.1) is 23.6 Å². The summed E-state index contributed by atoms with van der Waals surface area (Å²) >= 11 is 0. The molecule has 0 saturated heterocycles. The third-order valence-electron chi connectivity index (χ3n) is 10.2. The summed E-state index contributed by atoms with van der Waals surface area (Å²) in [6.45, 7) is 18.6. The van der Waals surface area contributed by atoms with Gasteiger partial charge in [-0.2, -0.15) is 0 Å². The lowest BCUT2D eigenvalue weighted by atomic mass is 9.91. The topological polar surface area (TPSA) is 21.8 Å². The number of nitrogens with zero attached hydrogens (tertiary/aromatic N) is 3. The number of nitrogens with one attached hydrogen (secondary N) is 1. The maximum atomic E-state index is 4.54. The van der Waals surface area contributed by atoms with Crippen LogP contribution in [0.1, 0.15) is 42.0 Å². The molecule has 250 valence electrons. The lowest BCUT2D eigenvalue weighted by Crippen LogP contribution is -2.38. The molecule has 0 aromatic heterocycles. The fraction of sp³-hybridized carbons (Fsp3) is 0.106. The molecule has 3 aliphatic heterocycles. The number of rotatable bonds is 4. The molecule has 0 saturated carbocycles. The van der Waals surface area contributed by atoms with Crippen molar-refractivity contribution < 1.29 is 0 Å². The van der Waals surface area contributed by atoms with Crippen molar-refractivity contribution in [1.82, 2.24) is 5.43 Å². The summed E-state index contributed by atoms with van der Waals surface area (Å²) in [5.74, 6) is 0.196. The molecule has 8 rings (SSSR count). The van der Waals surface area contributed by atoms with Crippen LogP contribution < -0.4 is 20.2 Å². The van der Waals surface area contributed by atoms with Crippen LogP contribution in [0.15, 0.2) is 171 Å². The minimum Gasteiger partial charge on any atom is -0.336 e. The van der Waals surface area contributed by atoms with Crippen molar-refractivity contribution in [2.75, 3.05) is 27.9 Å². The van der Waals surface area contributed by atoms with Gasteiger partial charge < -0.3 is 9.80 Å². The van der Waals surface area contributed by atoms with Gasteiger partial charge in [-0.05, 0) is 77.1 Å². The van der Waals surface area contributed by atoms with Crippen LogP contribution >= 0.6 is 0 Å². The quantitative estimate of drug-likeness (QED) is 0.193. The van der Waals surface area contributed by atoms with Crippen LogP contribution in [0.2, 0.25) is 0 Å². The van der Waals surface area contributed by atoms with Crippen LogP contribution in [0.5, 0.6) is 0 Å². The minimum atomic E-state index is 0.196. The highest BCUT2D eigenvalue weighted by Gasteiger charge is 2.30. The summed E-state index contributed by atoms with van der Waals surface area (Å²) in [5.41, 5.74) is 18.4. The minimum absolute atomic E-state index is 0.196. The average Bonchev–Trinajstić information content (AvgIpc) is 3.52. The SMILES string of the molecule is C=C/C=C(\C=C)N1NC/C=C\C(=C)c2cc(N3/C=C4/CN(c5ccccc54)c4ccccc4C(C)/C=C(\C)c4ccc5ccccc5c43)ccc21. The Balaban J connectivity index is 1.44. The summed E-state index contributed by atoms with van der Waals surface area (Å²) < 4.78 is 0. The van der Waals surface area contributed by atoms with Gasteiger partial charge in [0.1, 0.15) is 0 Å². The Labute approximate surface area is 301 Å². The normalized spacial score (nSPS) is 19.8. The Morgan fingerprint density at radius 3 is 2.45 bits per heavy atom. The number of anilines is 5. The molecule has 4 nitrogen and oxygen atoms in total. The Morgan fingerprint density at radius 2 is 1.61 bits per heavy atom. The van der Waals surface area contributed by atoms with Crippen molar-refractivity contribution in [1.29, 1.82) is 0 Å². The van der Waals surface area contributed by atoms with Gasteiger partial charge >= 0.3 is 0 Å². The molecule has 5 aromatic rings. The van der Waals surface area contributed by atoms with E-state index >= 15 is 0 Å². The lowest BCUT2D eigenvalue weighted by molar-refractivity contribution is 0.747. The van der Waals surface area contributed by atoms with Crippen molar-refractivity contribution in [2.45, 2.75) is 19.8 Å². The molecule has 0 fully saturated rings. The number of para-hydroxylation sites is 2. The molecule has 0 radical (unpaired) electrons. The van der Waals surface area contributed by atoms with Crippen molar-refractivity contribution in [3.8, 4) is 0 Å². The van der Waals surface area contributed by atoms with Crippen LogP contribution in [0, 0.1) is 0 Å². The van der Waals surface area contributed by atoms with Crippen molar-refractivity contribution >= 4 is 55.9 Å². The van der Waals surface area contributed by atoms with Gasteiger partial charge in [0.25, 0.3) is 0 Å². The highest BCUT2D eigenvalue weighted by atomic mass is 15.5. The van der Waals surface area contributed by atoms with Crippen LogP contribution in [0.4, 0.5) is 28.4 Å². The number of fused-ring (bicyclic) bond motifs is 11. The third kappa shape index (κ3) is 5.64. The molecule has 3 heterocycles. The molecule has 1 atom stereocenters. The molecule has 1 N–H and O–H groups in total. The molecule has 0 spiro atoms. The summed E-state index contributed by atoms with van der Waals surface area (Å²) in [5, 5.41) is 4.48. The highest BCUT2D eigenvalue weighted by molar-refractivity contribution is 6.04. The number of hydrazine groups is 1. The highest BCUT2D eigenvalue weighted by Crippen LogP contribution is 2.48. The summed E-state index contributed by atoms with van der Waals surface area (Å²) in [7, 11) is 0. The first-order chi connectivity index (χ1) is 25.0. The molecule has 2 bridgehead atoms. The van der Waals surface area contributed by atoms with Gasteiger partial charge in [-0.25, -0.2) is 5.43 Å². The van der Waals surface area contributed by atoms with Gasteiger partial charge in [-0.15, -0.1) is 0 Å². The largest absolute Gasteiger partial charge is 0.336 e. The first-order valence-electron chi connectivity index (χ1n) is 17.6. The Hall–Kier alpha value is -6.10. The molecule has 5 aromatic carbocycles. The van der Waals surface area contributed by atoms with Crippen molar-refractivity contribution in [2.24, 2.45) is 0 Å². The Morgan fingerprint density at radius 1 is 0.824 bits per heavy atom. The van der Waals surface area contributed by atoms with E-state index < -0.39 is 0 Å². The number of allylic oxidation sites excluding steroid dienone is 7. The molecule has 0 aliphatic carbocycles. The van der Waals surface area contributed by atoms with Crippen molar-refractivity contribution in [3.05, 3.63) is 193 Å². The maximum Gasteiger partial charge on any atom is 0.0657 e. The predicted molar refractivity (Wildman–Crippen MR) is 220 cm³/mol. The Bertz CT molecular complexity index is 2350. The smallest absolute Gasteiger partial charge is 0.0657 e. The van der Waals surface area contributed by atoms with Gasteiger partial charge in [0.15, 0.2) is 0 Å². The zero-order chi connectivity index (χ0) is 35.1. The van der Waals surface area contributed by atoms with E-state index in [2.05, 4.69) is 181 Å². The first-order valence-corrected chi connectivity index (χ1v) is 17.6. The second kappa shape index (κ2) is 13.3.